The Balaban J connectivity index is 2.22. The van der Waals surface area contributed by atoms with Gasteiger partial charge in [-0.05, 0) is 23.8 Å². The zero-order valence-corrected chi connectivity index (χ0v) is 14.7. The third-order valence-corrected chi connectivity index (χ3v) is 4.92. The zero-order valence-electron chi connectivity index (χ0n) is 13.9. The number of amides is 1. The third-order valence-electron chi connectivity index (χ3n) is 3.71. The van der Waals surface area contributed by atoms with E-state index in [9.17, 15) is 14.4 Å². The summed E-state index contributed by atoms with van der Waals surface area (Å²) in [4.78, 5) is 35.4. The summed E-state index contributed by atoms with van der Waals surface area (Å²) in [5.41, 5.74) is 1.43. The number of nitrogens with one attached hydrogen (secondary N) is 1. The second-order valence-corrected chi connectivity index (χ2v) is 6.92. The highest BCUT2D eigenvalue weighted by atomic mass is 32.2. The van der Waals surface area contributed by atoms with Crippen LogP contribution >= 0.6 is 11.8 Å². The fourth-order valence-corrected chi connectivity index (χ4v) is 3.32. The molecule has 2 unspecified atom stereocenters. The molecular formula is C19H19NO4S. The lowest BCUT2D eigenvalue weighted by Crippen LogP contribution is -2.30. The van der Waals surface area contributed by atoms with Crippen LogP contribution in [0.25, 0.3) is 0 Å². The van der Waals surface area contributed by atoms with Crippen molar-refractivity contribution in [1.29, 1.82) is 0 Å². The number of carboxylic acids is 1. The Morgan fingerprint density at radius 2 is 1.72 bits per heavy atom. The highest BCUT2D eigenvalue weighted by molar-refractivity contribution is 8.14. The predicted octanol–water partition coefficient (Wildman–Crippen LogP) is 3.78. The molecule has 2 aromatic rings. The highest BCUT2D eigenvalue weighted by Crippen LogP contribution is 2.30. The summed E-state index contributed by atoms with van der Waals surface area (Å²) >= 11 is 0.973. The van der Waals surface area contributed by atoms with Crippen LogP contribution in [0, 0.1) is 0 Å². The van der Waals surface area contributed by atoms with Crippen LogP contribution in [0.1, 0.15) is 35.7 Å². The van der Waals surface area contributed by atoms with Crippen molar-refractivity contribution in [2.45, 2.75) is 25.0 Å². The molecule has 1 amide bonds. The van der Waals surface area contributed by atoms with Gasteiger partial charge in [0.15, 0.2) is 5.12 Å². The molecule has 5 nitrogen and oxygen atoms in total. The minimum atomic E-state index is -1.07. The van der Waals surface area contributed by atoms with E-state index in [-0.39, 0.29) is 22.5 Å². The molecule has 2 N–H and O–H groups in total. The molecule has 0 saturated carbocycles. The summed E-state index contributed by atoms with van der Waals surface area (Å²) in [6.07, 6.45) is 0. The minimum Gasteiger partial charge on any atom is -0.478 e. The van der Waals surface area contributed by atoms with Crippen molar-refractivity contribution in [1.82, 2.24) is 0 Å². The van der Waals surface area contributed by atoms with Gasteiger partial charge in [0.25, 0.3) is 0 Å². The van der Waals surface area contributed by atoms with Gasteiger partial charge in [0.2, 0.25) is 5.91 Å². The quantitative estimate of drug-likeness (QED) is 0.822. The molecule has 0 heterocycles. The average Bonchev–Trinajstić information content (AvgIpc) is 2.59. The van der Waals surface area contributed by atoms with Gasteiger partial charge in [0, 0.05) is 18.5 Å². The second-order valence-electron chi connectivity index (χ2n) is 5.60. The molecule has 6 heteroatoms. The van der Waals surface area contributed by atoms with Crippen LogP contribution in [0.5, 0.6) is 0 Å². The van der Waals surface area contributed by atoms with Gasteiger partial charge < -0.3 is 10.4 Å². The lowest BCUT2D eigenvalue weighted by molar-refractivity contribution is -0.116. The molecule has 0 saturated heterocycles. The first-order valence-electron chi connectivity index (χ1n) is 7.75. The van der Waals surface area contributed by atoms with Crippen molar-refractivity contribution in [2.75, 3.05) is 5.32 Å². The van der Waals surface area contributed by atoms with Crippen molar-refractivity contribution in [3.05, 3.63) is 65.7 Å². The van der Waals surface area contributed by atoms with Crippen molar-refractivity contribution in [3.8, 4) is 0 Å². The number of benzene rings is 2. The van der Waals surface area contributed by atoms with Gasteiger partial charge in [0.1, 0.15) is 0 Å². The van der Waals surface area contributed by atoms with Crippen molar-refractivity contribution >= 4 is 34.4 Å². The lowest BCUT2D eigenvalue weighted by Gasteiger charge is -2.22. The number of hydrogen-bond donors (Lipinski definition) is 2. The Morgan fingerprint density at radius 3 is 2.32 bits per heavy atom. The number of thioether (sulfide) groups is 1. The molecule has 0 fully saturated rings. The topological polar surface area (TPSA) is 83.5 Å². The fraction of sp³-hybridized carbons (Fsp3) is 0.211. The van der Waals surface area contributed by atoms with E-state index in [1.807, 2.05) is 37.3 Å². The van der Waals surface area contributed by atoms with Gasteiger partial charge in [-0.1, -0.05) is 55.1 Å². The van der Waals surface area contributed by atoms with Crippen LogP contribution in [-0.2, 0) is 9.59 Å². The van der Waals surface area contributed by atoms with E-state index < -0.39 is 11.2 Å². The molecule has 130 valence electrons. The predicted molar refractivity (Wildman–Crippen MR) is 98.9 cm³/mol. The summed E-state index contributed by atoms with van der Waals surface area (Å²) in [5.74, 6) is -1.58. The third kappa shape index (κ3) is 5.19. The van der Waals surface area contributed by atoms with Gasteiger partial charge in [-0.3, -0.25) is 9.59 Å². The van der Waals surface area contributed by atoms with Crippen LogP contribution in [0.15, 0.2) is 54.6 Å². The van der Waals surface area contributed by atoms with Crippen LogP contribution in [0.4, 0.5) is 5.69 Å². The molecule has 0 aliphatic heterocycles. The maximum Gasteiger partial charge on any atom is 0.335 e. The molecule has 2 aromatic carbocycles. The summed E-state index contributed by atoms with van der Waals surface area (Å²) in [7, 11) is 0. The van der Waals surface area contributed by atoms with E-state index in [2.05, 4.69) is 5.32 Å². The molecule has 0 spiro atoms. The SMILES string of the molecule is CC(=O)SC(C(=O)Nc1cccc(C(=O)O)c1)C(C)c1ccccc1. The van der Waals surface area contributed by atoms with Crippen molar-refractivity contribution in [3.63, 3.8) is 0 Å². The first-order chi connectivity index (χ1) is 11.9. The summed E-state index contributed by atoms with van der Waals surface area (Å²) in [6.45, 7) is 3.32. The molecule has 0 aromatic heterocycles. The Hall–Kier alpha value is -2.60. The molecular weight excluding hydrogens is 338 g/mol. The molecule has 0 radical (unpaired) electrons. The number of carbonyl (C=O) groups is 3. The standard InChI is InChI=1S/C19H19NO4S/c1-12(14-7-4-3-5-8-14)17(25-13(2)21)18(22)20-16-10-6-9-15(11-16)19(23)24/h3-12,17H,1-2H3,(H,20,22)(H,23,24). The number of hydrogen-bond acceptors (Lipinski definition) is 4. The zero-order chi connectivity index (χ0) is 18.4. The first kappa shape index (κ1) is 18.7. The monoisotopic (exact) mass is 357 g/mol. The summed E-state index contributed by atoms with van der Waals surface area (Å²) in [5, 5.41) is 11.0. The summed E-state index contributed by atoms with van der Waals surface area (Å²) in [6, 6.07) is 15.5. The maximum absolute atomic E-state index is 12.7. The van der Waals surface area contributed by atoms with E-state index in [1.165, 1.54) is 19.1 Å². The van der Waals surface area contributed by atoms with E-state index in [0.717, 1.165) is 17.3 Å². The Kier molecular flexibility index (Phi) is 6.36. The van der Waals surface area contributed by atoms with E-state index in [0.29, 0.717) is 5.69 Å². The summed E-state index contributed by atoms with van der Waals surface area (Å²) < 4.78 is 0. The fourth-order valence-electron chi connectivity index (χ4n) is 2.44. The largest absolute Gasteiger partial charge is 0.478 e. The molecule has 0 aliphatic rings. The van der Waals surface area contributed by atoms with Crippen LogP contribution in [0.3, 0.4) is 0 Å². The minimum absolute atomic E-state index is 0.0877. The average molecular weight is 357 g/mol. The first-order valence-corrected chi connectivity index (χ1v) is 8.63. The van der Waals surface area contributed by atoms with Crippen LogP contribution in [0.2, 0.25) is 0 Å². The van der Waals surface area contributed by atoms with E-state index in [1.54, 1.807) is 12.1 Å². The number of rotatable bonds is 6. The van der Waals surface area contributed by atoms with Gasteiger partial charge in [-0.15, -0.1) is 0 Å². The Labute approximate surface area is 150 Å². The van der Waals surface area contributed by atoms with Gasteiger partial charge in [-0.25, -0.2) is 4.79 Å². The molecule has 25 heavy (non-hydrogen) atoms. The lowest BCUT2D eigenvalue weighted by atomic mass is 9.97. The molecule has 2 atom stereocenters. The smallest absolute Gasteiger partial charge is 0.335 e. The van der Waals surface area contributed by atoms with Gasteiger partial charge in [-0.2, -0.15) is 0 Å². The highest BCUT2D eigenvalue weighted by Gasteiger charge is 2.28. The Morgan fingerprint density at radius 1 is 1.04 bits per heavy atom. The van der Waals surface area contributed by atoms with Crippen LogP contribution < -0.4 is 5.32 Å². The number of aromatic carboxylic acids is 1. The molecule has 2 rings (SSSR count). The van der Waals surface area contributed by atoms with Gasteiger partial charge in [0.05, 0.1) is 10.8 Å². The van der Waals surface area contributed by atoms with Crippen molar-refractivity contribution < 1.29 is 19.5 Å². The maximum atomic E-state index is 12.7. The Bertz CT molecular complexity index is 776. The van der Waals surface area contributed by atoms with E-state index >= 15 is 0 Å². The van der Waals surface area contributed by atoms with Crippen LogP contribution in [-0.4, -0.2) is 27.3 Å². The van der Waals surface area contributed by atoms with Gasteiger partial charge >= 0.3 is 5.97 Å². The second kappa shape index (κ2) is 8.48. The number of anilines is 1. The molecule has 0 aliphatic carbocycles. The number of carbonyl (C=O) groups excluding carboxylic acids is 2. The van der Waals surface area contributed by atoms with E-state index in [4.69, 9.17) is 5.11 Å². The normalized spacial score (nSPS) is 12.9. The van der Waals surface area contributed by atoms with Crippen molar-refractivity contribution in [2.24, 2.45) is 0 Å². The number of carboxylic acid groups (broad SMARTS) is 1. The molecule has 0 bridgehead atoms.